The summed E-state index contributed by atoms with van der Waals surface area (Å²) in [6.07, 6.45) is 1.21. The minimum Gasteiger partial charge on any atom is -0.447 e. The van der Waals surface area contributed by atoms with Crippen molar-refractivity contribution >= 4 is 12.3 Å². The van der Waals surface area contributed by atoms with Crippen LogP contribution in [-0.2, 0) is 14.5 Å². The molecule has 1 atom stereocenters. The average Bonchev–Trinajstić information content (AvgIpc) is 2.26. The van der Waals surface area contributed by atoms with E-state index in [1.807, 2.05) is 6.92 Å². The van der Waals surface area contributed by atoms with Gasteiger partial charge in [-0.1, -0.05) is 33.1 Å². The molecule has 0 fully saturated rings. The highest BCUT2D eigenvalue weighted by atomic mass is 17.3. The minimum absolute atomic E-state index is 0.221. The van der Waals surface area contributed by atoms with Crippen LogP contribution in [0.1, 0.15) is 39.5 Å². The maximum absolute atomic E-state index is 10.8. The fourth-order valence-electron chi connectivity index (χ4n) is 1.18. The largest absolute Gasteiger partial charge is 0.550 e. The summed E-state index contributed by atoms with van der Waals surface area (Å²) in [5.41, 5.74) is 0. The first kappa shape index (κ1) is 14.5. The maximum Gasteiger partial charge on any atom is 0.550 e. The Bertz CT molecular complexity index is 215. The van der Waals surface area contributed by atoms with Crippen LogP contribution < -0.4 is 0 Å². The van der Waals surface area contributed by atoms with Crippen molar-refractivity contribution in [2.75, 3.05) is 6.61 Å². The number of hydrogen-bond acceptors (Lipinski definition) is 5. The van der Waals surface area contributed by atoms with Gasteiger partial charge in [0.05, 0.1) is 6.61 Å². The molecule has 0 aliphatic carbocycles. The SMILES string of the molecule is CCCCC(CC)COC(=O)OOC(=O)O. The first-order valence-electron chi connectivity index (χ1n) is 5.34. The van der Waals surface area contributed by atoms with Gasteiger partial charge in [0.25, 0.3) is 0 Å². The second-order valence-corrected chi connectivity index (χ2v) is 3.41. The van der Waals surface area contributed by atoms with Crippen LogP contribution in [0.3, 0.4) is 0 Å². The maximum atomic E-state index is 10.8. The Balaban J connectivity index is 3.66. The van der Waals surface area contributed by atoms with Gasteiger partial charge in [-0.3, -0.25) is 0 Å². The van der Waals surface area contributed by atoms with E-state index in [-0.39, 0.29) is 12.5 Å². The third kappa shape index (κ3) is 7.90. The van der Waals surface area contributed by atoms with Crippen LogP contribution in [-0.4, -0.2) is 24.0 Å². The first-order valence-corrected chi connectivity index (χ1v) is 5.34. The van der Waals surface area contributed by atoms with Crippen LogP contribution in [0.25, 0.3) is 0 Å². The topological polar surface area (TPSA) is 82.1 Å². The van der Waals surface area contributed by atoms with E-state index in [0.29, 0.717) is 0 Å². The Labute approximate surface area is 94.4 Å². The van der Waals surface area contributed by atoms with E-state index >= 15 is 0 Å². The van der Waals surface area contributed by atoms with Crippen molar-refractivity contribution in [1.29, 1.82) is 0 Å². The van der Waals surface area contributed by atoms with Gasteiger partial charge in [0.1, 0.15) is 0 Å². The standard InChI is InChI=1S/C10H18O6/c1-3-5-6-8(4-2)7-14-10(13)16-15-9(11)12/h8H,3-7H2,1-2H3,(H,11,12). The van der Waals surface area contributed by atoms with Gasteiger partial charge in [-0.25, -0.2) is 9.68 Å². The monoisotopic (exact) mass is 234 g/mol. The summed E-state index contributed by atoms with van der Waals surface area (Å²) >= 11 is 0. The fourth-order valence-corrected chi connectivity index (χ4v) is 1.18. The highest BCUT2D eigenvalue weighted by Gasteiger charge is 2.13. The van der Waals surface area contributed by atoms with Gasteiger partial charge >= 0.3 is 12.3 Å². The van der Waals surface area contributed by atoms with E-state index in [9.17, 15) is 9.59 Å². The normalized spacial score (nSPS) is 11.6. The molecular weight excluding hydrogens is 216 g/mol. The van der Waals surface area contributed by atoms with Crippen LogP contribution in [0.5, 0.6) is 0 Å². The summed E-state index contributed by atoms with van der Waals surface area (Å²) in [7, 11) is 0. The molecule has 0 aromatic carbocycles. The van der Waals surface area contributed by atoms with E-state index in [1.54, 1.807) is 0 Å². The number of carbonyl (C=O) groups excluding carboxylic acids is 1. The van der Waals surface area contributed by atoms with Crippen molar-refractivity contribution in [3.63, 3.8) is 0 Å². The molecule has 6 nitrogen and oxygen atoms in total. The summed E-state index contributed by atoms with van der Waals surface area (Å²) in [5.74, 6) is 0.275. The molecule has 0 aromatic rings. The molecule has 0 rings (SSSR count). The predicted molar refractivity (Wildman–Crippen MR) is 54.8 cm³/mol. The van der Waals surface area contributed by atoms with Crippen molar-refractivity contribution < 1.29 is 29.2 Å². The molecule has 0 radical (unpaired) electrons. The average molecular weight is 234 g/mol. The quantitative estimate of drug-likeness (QED) is 0.432. The molecule has 0 aliphatic heterocycles. The van der Waals surface area contributed by atoms with Gasteiger partial charge in [-0.05, 0) is 12.3 Å². The van der Waals surface area contributed by atoms with Gasteiger partial charge < -0.3 is 9.84 Å². The van der Waals surface area contributed by atoms with E-state index < -0.39 is 12.3 Å². The van der Waals surface area contributed by atoms with Crippen LogP contribution >= 0.6 is 0 Å². The fraction of sp³-hybridized carbons (Fsp3) is 0.800. The first-order chi connectivity index (χ1) is 7.60. The number of carboxylic acid groups (broad SMARTS) is 1. The van der Waals surface area contributed by atoms with Gasteiger partial charge in [0, 0.05) is 0 Å². The van der Waals surface area contributed by atoms with Crippen molar-refractivity contribution in [1.82, 2.24) is 0 Å². The molecule has 0 heterocycles. The van der Waals surface area contributed by atoms with Crippen molar-refractivity contribution in [2.24, 2.45) is 5.92 Å². The molecule has 94 valence electrons. The highest BCUT2D eigenvalue weighted by molar-refractivity contribution is 5.62. The molecule has 0 bridgehead atoms. The summed E-state index contributed by atoms with van der Waals surface area (Å²) in [4.78, 5) is 28.1. The second kappa shape index (κ2) is 8.82. The van der Waals surface area contributed by atoms with Crippen molar-refractivity contribution in [2.45, 2.75) is 39.5 Å². The molecule has 0 aromatic heterocycles. The lowest BCUT2D eigenvalue weighted by Crippen LogP contribution is -2.16. The smallest absolute Gasteiger partial charge is 0.447 e. The highest BCUT2D eigenvalue weighted by Crippen LogP contribution is 2.13. The summed E-state index contributed by atoms with van der Waals surface area (Å²) in [5, 5.41) is 8.05. The van der Waals surface area contributed by atoms with Gasteiger partial charge in [0.2, 0.25) is 0 Å². The zero-order valence-corrected chi connectivity index (χ0v) is 9.60. The number of rotatable bonds is 6. The summed E-state index contributed by atoms with van der Waals surface area (Å²) < 4.78 is 4.69. The lowest BCUT2D eigenvalue weighted by Gasteiger charge is -2.13. The molecule has 6 heteroatoms. The molecule has 16 heavy (non-hydrogen) atoms. The summed E-state index contributed by atoms with van der Waals surface area (Å²) in [6, 6.07) is 0. The predicted octanol–water partition coefficient (Wildman–Crippen LogP) is 2.97. The lowest BCUT2D eigenvalue weighted by molar-refractivity contribution is -0.214. The Morgan fingerprint density at radius 1 is 1.25 bits per heavy atom. The lowest BCUT2D eigenvalue weighted by atomic mass is 10.0. The third-order valence-corrected chi connectivity index (χ3v) is 2.16. The van der Waals surface area contributed by atoms with Crippen LogP contribution in [0, 0.1) is 5.92 Å². The Hall–Kier alpha value is -1.46. The van der Waals surface area contributed by atoms with Crippen LogP contribution in [0.2, 0.25) is 0 Å². The van der Waals surface area contributed by atoms with Gasteiger partial charge in [-0.15, -0.1) is 0 Å². The Morgan fingerprint density at radius 3 is 2.44 bits per heavy atom. The molecule has 0 spiro atoms. The molecule has 1 N–H and O–H groups in total. The van der Waals surface area contributed by atoms with E-state index in [2.05, 4.69) is 16.7 Å². The zero-order valence-electron chi connectivity index (χ0n) is 9.60. The van der Waals surface area contributed by atoms with Crippen molar-refractivity contribution in [3.05, 3.63) is 0 Å². The number of unbranched alkanes of at least 4 members (excludes halogenated alkanes) is 1. The van der Waals surface area contributed by atoms with Crippen LogP contribution in [0.4, 0.5) is 9.59 Å². The number of hydrogen-bond donors (Lipinski definition) is 1. The van der Waals surface area contributed by atoms with Gasteiger partial charge in [-0.2, -0.15) is 9.68 Å². The van der Waals surface area contributed by atoms with E-state index in [0.717, 1.165) is 25.7 Å². The molecule has 1 unspecified atom stereocenters. The molecule has 0 saturated heterocycles. The van der Waals surface area contributed by atoms with Gasteiger partial charge in [0.15, 0.2) is 0 Å². The number of ether oxygens (including phenoxy) is 1. The van der Waals surface area contributed by atoms with E-state index in [1.165, 1.54) is 0 Å². The number of carbonyl (C=O) groups is 2. The third-order valence-electron chi connectivity index (χ3n) is 2.16. The van der Waals surface area contributed by atoms with Crippen molar-refractivity contribution in [3.8, 4) is 0 Å². The Morgan fingerprint density at radius 2 is 1.94 bits per heavy atom. The van der Waals surface area contributed by atoms with E-state index in [4.69, 9.17) is 9.84 Å². The molecule has 0 amide bonds. The summed E-state index contributed by atoms with van der Waals surface area (Å²) in [6.45, 7) is 4.31. The minimum atomic E-state index is -1.69. The molecular formula is C10H18O6. The molecule has 0 aliphatic rings. The second-order valence-electron chi connectivity index (χ2n) is 3.41. The van der Waals surface area contributed by atoms with Crippen LogP contribution in [0.15, 0.2) is 0 Å². The Kier molecular flexibility index (Phi) is 8.01. The zero-order chi connectivity index (χ0) is 12.4. The molecule has 0 saturated carbocycles.